The van der Waals surface area contributed by atoms with E-state index in [1.165, 1.54) is 38.1 Å². The summed E-state index contributed by atoms with van der Waals surface area (Å²) in [6.45, 7) is 4.04. The lowest BCUT2D eigenvalue weighted by atomic mass is 9.99. The van der Waals surface area contributed by atoms with E-state index >= 15 is 0 Å². The molecule has 0 radical (unpaired) electrons. The van der Waals surface area contributed by atoms with Gasteiger partial charge in [0.25, 0.3) is 0 Å². The van der Waals surface area contributed by atoms with Crippen LogP contribution in [-0.2, 0) is 0 Å². The highest BCUT2D eigenvalue weighted by atomic mass is 15.0. The van der Waals surface area contributed by atoms with Gasteiger partial charge in [-0.1, -0.05) is 134 Å². The molecule has 3 heteroatoms. The van der Waals surface area contributed by atoms with E-state index in [0.717, 1.165) is 56.1 Å². The van der Waals surface area contributed by atoms with E-state index in [1.54, 1.807) is 0 Å². The maximum atomic E-state index is 5.30. The van der Waals surface area contributed by atoms with Gasteiger partial charge in [0, 0.05) is 44.0 Å². The van der Waals surface area contributed by atoms with E-state index in [4.69, 9.17) is 4.98 Å². The number of hydrogen-bond donors (Lipinski definition) is 0. The Morgan fingerprint density at radius 1 is 0.365 bits per heavy atom. The number of rotatable bonds is 6. The van der Waals surface area contributed by atoms with Crippen molar-refractivity contribution in [1.82, 2.24) is 14.1 Å². The third-order valence-electron chi connectivity index (χ3n) is 10.2. The summed E-state index contributed by atoms with van der Waals surface area (Å²) in [7, 11) is 0. The Kier molecular flexibility index (Phi) is 6.97. The van der Waals surface area contributed by atoms with Crippen LogP contribution in [0.5, 0.6) is 0 Å². The molecule has 0 saturated heterocycles. The SMILES string of the molecule is C=Cc1ccc2c3ccccc3n(-c3cccc(-c4cc(-c5ccccc5)nc(-c5cccc(-n6c7ccccc7c7ccccc76)c5)c4)c3)c2c1. The van der Waals surface area contributed by atoms with Gasteiger partial charge in [-0.3, -0.25) is 0 Å². The van der Waals surface area contributed by atoms with E-state index in [-0.39, 0.29) is 0 Å². The van der Waals surface area contributed by atoms with Gasteiger partial charge in [0.1, 0.15) is 0 Å². The number of benzene rings is 7. The molecule has 10 aromatic rings. The fraction of sp³-hybridized carbons (Fsp3) is 0. The van der Waals surface area contributed by atoms with Crippen molar-refractivity contribution in [3.63, 3.8) is 0 Å². The molecule has 0 atom stereocenters. The van der Waals surface area contributed by atoms with Gasteiger partial charge >= 0.3 is 0 Å². The normalized spacial score (nSPS) is 11.5. The molecule has 3 heterocycles. The summed E-state index contributed by atoms with van der Waals surface area (Å²) in [5.41, 5.74) is 14.3. The van der Waals surface area contributed by atoms with Crippen LogP contribution in [-0.4, -0.2) is 14.1 Å². The molecule has 0 N–H and O–H groups in total. The van der Waals surface area contributed by atoms with Gasteiger partial charge < -0.3 is 9.13 Å². The molecule has 0 fully saturated rings. The number of aromatic nitrogens is 3. The second kappa shape index (κ2) is 12.1. The van der Waals surface area contributed by atoms with Crippen molar-refractivity contribution < 1.29 is 0 Å². The first-order valence-electron chi connectivity index (χ1n) is 17.7. The second-order valence-corrected chi connectivity index (χ2v) is 13.3. The summed E-state index contributed by atoms with van der Waals surface area (Å²) < 4.78 is 4.74. The summed E-state index contributed by atoms with van der Waals surface area (Å²) in [5, 5.41) is 4.96. The third-order valence-corrected chi connectivity index (χ3v) is 10.2. The van der Waals surface area contributed by atoms with E-state index in [1.807, 2.05) is 6.08 Å². The number of fused-ring (bicyclic) bond motifs is 6. The maximum Gasteiger partial charge on any atom is 0.0716 e. The fourth-order valence-electron chi connectivity index (χ4n) is 7.82. The highest BCUT2D eigenvalue weighted by Gasteiger charge is 2.16. The zero-order chi connectivity index (χ0) is 34.6. The molecular formula is C49H33N3. The van der Waals surface area contributed by atoms with Crippen LogP contribution in [0.4, 0.5) is 0 Å². The van der Waals surface area contributed by atoms with Gasteiger partial charge in [-0.2, -0.15) is 0 Å². The molecular weight excluding hydrogens is 631 g/mol. The van der Waals surface area contributed by atoms with Crippen LogP contribution in [0.2, 0.25) is 0 Å². The zero-order valence-electron chi connectivity index (χ0n) is 28.4. The van der Waals surface area contributed by atoms with Gasteiger partial charge in [0.2, 0.25) is 0 Å². The van der Waals surface area contributed by atoms with Crippen LogP contribution in [0.15, 0.2) is 189 Å². The molecule has 244 valence electrons. The smallest absolute Gasteiger partial charge is 0.0716 e. The van der Waals surface area contributed by atoms with Crippen molar-refractivity contribution >= 4 is 49.7 Å². The molecule has 0 spiro atoms. The first kappa shape index (κ1) is 29.9. The first-order valence-corrected chi connectivity index (χ1v) is 17.7. The summed E-state index contributed by atoms with van der Waals surface area (Å²) in [6, 6.07) is 65.1. The minimum Gasteiger partial charge on any atom is -0.309 e. The van der Waals surface area contributed by atoms with E-state index in [2.05, 4.69) is 198 Å². The molecule has 3 aromatic heterocycles. The molecule has 0 aliphatic carbocycles. The molecule has 3 nitrogen and oxygen atoms in total. The Labute approximate surface area is 302 Å². The number of para-hydroxylation sites is 3. The second-order valence-electron chi connectivity index (χ2n) is 13.3. The lowest BCUT2D eigenvalue weighted by Crippen LogP contribution is -1.96. The van der Waals surface area contributed by atoms with Crippen LogP contribution < -0.4 is 0 Å². The van der Waals surface area contributed by atoms with Gasteiger partial charge in [-0.25, -0.2) is 4.98 Å². The predicted octanol–water partition coefficient (Wildman–Crippen LogP) is 12.9. The van der Waals surface area contributed by atoms with Crippen LogP contribution in [0.25, 0.3) is 94.7 Å². The van der Waals surface area contributed by atoms with Crippen molar-refractivity contribution in [3.05, 3.63) is 194 Å². The van der Waals surface area contributed by atoms with E-state index in [9.17, 15) is 0 Å². The molecule has 0 saturated carbocycles. The molecule has 10 rings (SSSR count). The first-order chi connectivity index (χ1) is 25.7. The van der Waals surface area contributed by atoms with Gasteiger partial charge in [0.15, 0.2) is 0 Å². The van der Waals surface area contributed by atoms with Crippen molar-refractivity contribution in [2.75, 3.05) is 0 Å². The van der Waals surface area contributed by atoms with Crippen molar-refractivity contribution in [1.29, 1.82) is 0 Å². The van der Waals surface area contributed by atoms with Crippen LogP contribution in [0.3, 0.4) is 0 Å². The minimum atomic E-state index is 0.928. The molecule has 0 bridgehead atoms. The Morgan fingerprint density at radius 2 is 0.846 bits per heavy atom. The Bertz CT molecular complexity index is 2930. The lowest BCUT2D eigenvalue weighted by molar-refractivity contribution is 1.18. The average molecular weight is 664 g/mol. The van der Waals surface area contributed by atoms with Crippen molar-refractivity contribution in [3.8, 4) is 45.0 Å². The topological polar surface area (TPSA) is 22.8 Å². The molecule has 7 aromatic carbocycles. The molecule has 0 unspecified atom stereocenters. The van der Waals surface area contributed by atoms with Gasteiger partial charge in [-0.05, 0) is 77.4 Å². The molecule has 52 heavy (non-hydrogen) atoms. The van der Waals surface area contributed by atoms with Crippen LogP contribution in [0, 0.1) is 0 Å². The largest absolute Gasteiger partial charge is 0.309 e. The van der Waals surface area contributed by atoms with Gasteiger partial charge in [-0.15, -0.1) is 0 Å². The minimum absolute atomic E-state index is 0.928. The van der Waals surface area contributed by atoms with E-state index < -0.39 is 0 Å². The maximum absolute atomic E-state index is 5.30. The summed E-state index contributed by atoms with van der Waals surface area (Å²) >= 11 is 0. The fourth-order valence-corrected chi connectivity index (χ4v) is 7.82. The van der Waals surface area contributed by atoms with Crippen molar-refractivity contribution in [2.24, 2.45) is 0 Å². The Hall–Kier alpha value is -6.97. The molecule has 0 amide bonds. The number of nitrogens with zero attached hydrogens (tertiary/aromatic N) is 3. The summed E-state index contributed by atoms with van der Waals surface area (Å²) in [4.78, 5) is 5.30. The number of pyridine rings is 1. The molecule has 0 aliphatic heterocycles. The Morgan fingerprint density at radius 3 is 1.46 bits per heavy atom. The van der Waals surface area contributed by atoms with Crippen LogP contribution in [0.1, 0.15) is 5.56 Å². The lowest BCUT2D eigenvalue weighted by Gasteiger charge is -2.14. The predicted molar refractivity (Wildman–Crippen MR) is 219 cm³/mol. The summed E-state index contributed by atoms with van der Waals surface area (Å²) in [6.07, 6.45) is 1.91. The Balaban J connectivity index is 1.16. The standard InChI is InChI=1S/C49H33N3/c1-2-33-26-27-43-42-22-8-11-25-48(42)52(49(43)28-33)38-18-12-16-35(29-38)37-31-44(34-14-4-3-5-15-34)50-45(32-37)36-17-13-19-39(30-36)51-46-23-9-6-20-40(46)41-21-7-10-24-47(41)51/h2-32H,1H2. The highest BCUT2D eigenvalue weighted by Crippen LogP contribution is 2.37. The number of hydrogen-bond acceptors (Lipinski definition) is 1. The quantitative estimate of drug-likeness (QED) is 0.174. The van der Waals surface area contributed by atoms with Crippen LogP contribution >= 0.6 is 0 Å². The monoisotopic (exact) mass is 663 g/mol. The average Bonchev–Trinajstić information content (AvgIpc) is 3.74. The van der Waals surface area contributed by atoms with E-state index in [0.29, 0.717) is 0 Å². The van der Waals surface area contributed by atoms with Crippen molar-refractivity contribution in [2.45, 2.75) is 0 Å². The highest BCUT2D eigenvalue weighted by molar-refractivity contribution is 6.10. The molecule has 0 aliphatic rings. The third kappa shape index (κ3) is 4.86. The zero-order valence-corrected chi connectivity index (χ0v) is 28.4. The summed E-state index contributed by atoms with van der Waals surface area (Å²) in [5.74, 6) is 0. The van der Waals surface area contributed by atoms with Gasteiger partial charge in [0.05, 0.1) is 33.5 Å².